The molecule has 3 nitrogen and oxygen atoms in total. The van der Waals surface area contributed by atoms with Crippen LogP contribution in [-0.4, -0.2) is 17.3 Å². The minimum atomic E-state index is -1.08. The smallest absolute Gasteiger partial charge is 0.217 e. The third-order valence-corrected chi connectivity index (χ3v) is 2.03. The Hall–Kier alpha value is -0.250. The van der Waals surface area contributed by atoms with Gasteiger partial charge < -0.3 is 4.74 Å². The molecular formula is C5H6Cl2N2O. The van der Waals surface area contributed by atoms with E-state index >= 15 is 0 Å². The van der Waals surface area contributed by atoms with Crippen LogP contribution in [0.1, 0.15) is 0 Å². The number of methoxy groups -OCH3 is 1. The van der Waals surface area contributed by atoms with Crippen LogP contribution >= 0.6 is 23.2 Å². The molecule has 0 aromatic rings. The van der Waals surface area contributed by atoms with Crippen molar-refractivity contribution in [3.8, 4) is 0 Å². The first-order chi connectivity index (χ1) is 4.69. The Morgan fingerprint density at radius 2 is 2.50 bits per heavy atom. The molecule has 1 aliphatic rings. The molecule has 0 aromatic heterocycles. The molecule has 0 fully saturated rings. The lowest BCUT2D eigenvalue weighted by Crippen LogP contribution is -2.33. The Bertz CT molecular complexity index is 192. The van der Waals surface area contributed by atoms with Crippen molar-refractivity contribution < 1.29 is 4.74 Å². The van der Waals surface area contributed by atoms with E-state index in [0.29, 0.717) is 0 Å². The van der Waals surface area contributed by atoms with Gasteiger partial charge in [0.2, 0.25) is 5.06 Å². The van der Waals surface area contributed by atoms with Crippen LogP contribution < -0.4 is 5.43 Å². The summed E-state index contributed by atoms with van der Waals surface area (Å²) in [6, 6.07) is 0. The number of hydrogen-bond acceptors (Lipinski definition) is 3. The van der Waals surface area contributed by atoms with Crippen LogP contribution in [0, 0.1) is 0 Å². The summed E-state index contributed by atoms with van der Waals surface area (Å²) < 4.78 is 4.87. The van der Waals surface area contributed by atoms with E-state index in [9.17, 15) is 0 Å². The maximum Gasteiger partial charge on any atom is 0.217 e. The molecule has 1 heterocycles. The van der Waals surface area contributed by atoms with Crippen molar-refractivity contribution in [3.05, 3.63) is 12.3 Å². The number of hydrogen-bond donors (Lipinski definition) is 1. The molecule has 0 spiro atoms. The van der Waals surface area contributed by atoms with E-state index in [0.717, 1.165) is 0 Å². The largest absolute Gasteiger partial charge is 0.353 e. The highest BCUT2D eigenvalue weighted by Gasteiger charge is 2.31. The summed E-state index contributed by atoms with van der Waals surface area (Å²) >= 11 is 11.4. The van der Waals surface area contributed by atoms with Gasteiger partial charge in [-0.05, 0) is 6.08 Å². The minimum Gasteiger partial charge on any atom is -0.353 e. The van der Waals surface area contributed by atoms with Crippen molar-refractivity contribution in [2.45, 2.75) is 5.06 Å². The molecule has 1 unspecified atom stereocenters. The predicted octanol–water partition coefficient (Wildman–Crippen LogP) is 1.24. The first-order valence-corrected chi connectivity index (χ1v) is 3.35. The van der Waals surface area contributed by atoms with Gasteiger partial charge in [-0.2, -0.15) is 5.10 Å². The van der Waals surface area contributed by atoms with E-state index in [-0.39, 0.29) is 5.17 Å². The lowest BCUT2D eigenvalue weighted by Gasteiger charge is -2.21. The van der Waals surface area contributed by atoms with Crippen LogP contribution in [-0.2, 0) is 4.74 Å². The fourth-order valence-electron chi connectivity index (χ4n) is 0.536. The molecule has 10 heavy (non-hydrogen) atoms. The molecule has 0 aromatic carbocycles. The van der Waals surface area contributed by atoms with Gasteiger partial charge in [-0.15, -0.1) is 0 Å². The maximum atomic E-state index is 5.80. The van der Waals surface area contributed by atoms with Crippen molar-refractivity contribution in [1.29, 1.82) is 0 Å². The highest BCUT2D eigenvalue weighted by atomic mass is 35.5. The van der Waals surface area contributed by atoms with Gasteiger partial charge >= 0.3 is 0 Å². The second kappa shape index (κ2) is 2.78. The summed E-state index contributed by atoms with van der Waals surface area (Å²) in [6.45, 7) is 0. The molecule has 1 atom stereocenters. The highest BCUT2D eigenvalue weighted by molar-refractivity contribution is 6.72. The number of ether oxygens (including phenoxy) is 1. The highest BCUT2D eigenvalue weighted by Crippen LogP contribution is 2.23. The Labute approximate surface area is 68.6 Å². The molecule has 0 saturated carbocycles. The van der Waals surface area contributed by atoms with Gasteiger partial charge in [-0.1, -0.05) is 23.2 Å². The lowest BCUT2D eigenvalue weighted by atomic mass is 10.3. The van der Waals surface area contributed by atoms with Crippen LogP contribution in [0.3, 0.4) is 0 Å². The van der Waals surface area contributed by atoms with Crippen molar-refractivity contribution >= 4 is 28.4 Å². The summed E-state index contributed by atoms with van der Waals surface area (Å²) in [7, 11) is 1.46. The summed E-state index contributed by atoms with van der Waals surface area (Å²) in [4.78, 5) is 0. The van der Waals surface area contributed by atoms with E-state index < -0.39 is 5.06 Å². The van der Waals surface area contributed by atoms with E-state index in [2.05, 4.69) is 10.5 Å². The normalized spacial score (nSPS) is 31.3. The third kappa shape index (κ3) is 1.26. The lowest BCUT2D eigenvalue weighted by molar-refractivity contribution is 0.159. The average molecular weight is 181 g/mol. The Morgan fingerprint density at radius 1 is 1.80 bits per heavy atom. The number of nitrogens with zero attached hydrogens (tertiary/aromatic N) is 1. The molecule has 0 radical (unpaired) electrons. The monoisotopic (exact) mass is 180 g/mol. The van der Waals surface area contributed by atoms with Gasteiger partial charge in [-0.3, -0.25) is 5.43 Å². The average Bonchev–Trinajstić information content (AvgIpc) is 1.96. The Balaban J connectivity index is 2.83. The van der Waals surface area contributed by atoms with Crippen molar-refractivity contribution in [1.82, 2.24) is 5.43 Å². The second-order valence-electron chi connectivity index (χ2n) is 1.71. The Kier molecular flexibility index (Phi) is 2.18. The van der Waals surface area contributed by atoms with Gasteiger partial charge in [0.05, 0.1) is 0 Å². The minimum absolute atomic E-state index is 0.180. The molecular weight excluding hydrogens is 175 g/mol. The van der Waals surface area contributed by atoms with E-state index in [1.807, 2.05) is 0 Å². The van der Waals surface area contributed by atoms with Gasteiger partial charge in [0.1, 0.15) is 0 Å². The number of nitrogens with one attached hydrogen (secondary N) is 1. The van der Waals surface area contributed by atoms with Crippen molar-refractivity contribution in [2.75, 3.05) is 7.11 Å². The van der Waals surface area contributed by atoms with Crippen LogP contribution in [0.4, 0.5) is 0 Å². The van der Waals surface area contributed by atoms with Gasteiger partial charge in [0.15, 0.2) is 5.17 Å². The summed E-state index contributed by atoms with van der Waals surface area (Å²) in [5.41, 5.74) is 2.54. The van der Waals surface area contributed by atoms with Crippen LogP contribution in [0.2, 0.25) is 0 Å². The first kappa shape index (κ1) is 7.85. The molecule has 1 aliphatic heterocycles. The second-order valence-corrected chi connectivity index (χ2v) is 2.63. The van der Waals surface area contributed by atoms with Crippen molar-refractivity contribution in [3.63, 3.8) is 0 Å². The zero-order chi connectivity index (χ0) is 7.61. The maximum absolute atomic E-state index is 5.80. The number of alkyl halides is 1. The van der Waals surface area contributed by atoms with Gasteiger partial charge in [0.25, 0.3) is 0 Å². The van der Waals surface area contributed by atoms with Crippen molar-refractivity contribution in [2.24, 2.45) is 5.10 Å². The topological polar surface area (TPSA) is 33.6 Å². The standard InChI is InChI=1S/C5H6Cl2N2O/c1-10-5(7)2-3-8-9-4(5)6/h2-3,8H,1H3. The SMILES string of the molecule is COC1(Cl)C=CNN=C1Cl. The zero-order valence-corrected chi connectivity index (χ0v) is 6.78. The summed E-state index contributed by atoms with van der Waals surface area (Å²) in [6.07, 6.45) is 3.13. The third-order valence-electron chi connectivity index (χ3n) is 1.11. The first-order valence-electron chi connectivity index (χ1n) is 2.60. The summed E-state index contributed by atoms with van der Waals surface area (Å²) in [5.74, 6) is 0. The molecule has 56 valence electrons. The van der Waals surface area contributed by atoms with Gasteiger partial charge in [0, 0.05) is 13.3 Å². The fourth-order valence-corrected chi connectivity index (χ4v) is 0.830. The molecule has 0 amide bonds. The van der Waals surface area contributed by atoms with E-state index in [4.69, 9.17) is 27.9 Å². The Morgan fingerprint density at radius 3 is 2.90 bits per heavy atom. The fraction of sp³-hybridized carbons (Fsp3) is 0.400. The number of hydrazone groups is 1. The molecule has 5 heteroatoms. The zero-order valence-electron chi connectivity index (χ0n) is 5.27. The molecule has 1 rings (SSSR count). The quantitative estimate of drug-likeness (QED) is 0.617. The van der Waals surface area contributed by atoms with E-state index in [1.165, 1.54) is 7.11 Å². The molecule has 0 aliphatic carbocycles. The van der Waals surface area contributed by atoms with Crippen LogP contribution in [0.5, 0.6) is 0 Å². The van der Waals surface area contributed by atoms with E-state index in [1.54, 1.807) is 12.3 Å². The van der Waals surface area contributed by atoms with Crippen LogP contribution in [0.15, 0.2) is 17.4 Å². The number of rotatable bonds is 1. The summed E-state index contributed by atoms with van der Waals surface area (Å²) in [5, 5.41) is 2.75. The molecule has 1 N–H and O–H groups in total. The molecule has 0 saturated heterocycles. The van der Waals surface area contributed by atoms with Gasteiger partial charge in [-0.25, -0.2) is 0 Å². The van der Waals surface area contributed by atoms with Crippen LogP contribution in [0.25, 0.3) is 0 Å². The predicted molar refractivity (Wildman–Crippen MR) is 41.2 cm³/mol. The molecule has 0 bridgehead atoms. The number of halogens is 2.